The zero-order valence-corrected chi connectivity index (χ0v) is 18.4. The summed E-state index contributed by atoms with van der Waals surface area (Å²) in [7, 11) is -3.26. The maximum Gasteiger partial charge on any atom is 0.229 e. The number of benzene rings is 1. The molecule has 30 heavy (non-hydrogen) atoms. The molecule has 0 aromatic heterocycles. The van der Waals surface area contributed by atoms with Gasteiger partial charge in [0.25, 0.3) is 0 Å². The second-order valence-electron chi connectivity index (χ2n) is 8.72. The number of sulfonamides is 1. The first-order valence-corrected chi connectivity index (χ1v) is 12.7. The Bertz CT molecular complexity index is 828. The molecule has 2 aliphatic carbocycles. The van der Waals surface area contributed by atoms with Gasteiger partial charge in [-0.2, -0.15) is 0 Å². The van der Waals surface area contributed by atoms with Gasteiger partial charge in [-0.1, -0.05) is 5.16 Å². The number of hydrogen-bond donors (Lipinski definition) is 2. The Morgan fingerprint density at radius 3 is 2.27 bits per heavy atom. The molecule has 1 unspecified atom stereocenters. The van der Waals surface area contributed by atoms with E-state index in [2.05, 4.69) is 19.7 Å². The minimum absolute atomic E-state index is 0.248. The minimum Gasteiger partial charge on any atom is -0.393 e. The number of nitrogens with one attached hydrogen (secondary N) is 1. The summed E-state index contributed by atoms with van der Waals surface area (Å²) in [6.45, 7) is 4.27. The van der Waals surface area contributed by atoms with Crippen molar-refractivity contribution in [1.29, 1.82) is 0 Å². The van der Waals surface area contributed by atoms with E-state index in [9.17, 15) is 13.5 Å². The van der Waals surface area contributed by atoms with Crippen LogP contribution in [-0.4, -0.2) is 75.8 Å². The Kier molecular flexibility index (Phi) is 6.50. The van der Waals surface area contributed by atoms with Crippen LogP contribution in [-0.2, 0) is 14.9 Å². The average Bonchev–Trinajstić information content (AvgIpc) is 3.60. The van der Waals surface area contributed by atoms with Crippen LogP contribution in [0, 0.1) is 11.8 Å². The number of nitrogens with zero attached hydrogens (tertiary/aromatic N) is 3. The lowest BCUT2D eigenvalue weighted by molar-refractivity contribution is 0.0175. The molecule has 9 heteroatoms. The van der Waals surface area contributed by atoms with Crippen molar-refractivity contribution in [3.8, 4) is 0 Å². The summed E-state index contributed by atoms with van der Waals surface area (Å²) < 4.78 is 25.1. The Hall–Kier alpha value is -1.84. The molecular formula is C21H32N4O4S. The maximum absolute atomic E-state index is 11.3. The Morgan fingerprint density at radius 2 is 1.73 bits per heavy atom. The summed E-state index contributed by atoms with van der Waals surface area (Å²) in [6, 6.07) is 7.42. The number of anilines is 2. The van der Waals surface area contributed by atoms with Crippen LogP contribution in [0.2, 0.25) is 0 Å². The van der Waals surface area contributed by atoms with Gasteiger partial charge in [0.05, 0.1) is 12.0 Å². The van der Waals surface area contributed by atoms with Crippen LogP contribution in [0.1, 0.15) is 25.7 Å². The molecule has 1 aromatic carbocycles. The van der Waals surface area contributed by atoms with Gasteiger partial charge in [0.2, 0.25) is 10.0 Å². The topological polar surface area (TPSA) is 94.5 Å². The molecule has 1 aliphatic heterocycles. The van der Waals surface area contributed by atoms with Gasteiger partial charge in [-0.3, -0.25) is 9.62 Å². The fourth-order valence-electron chi connectivity index (χ4n) is 3.93. The first-order valence-electron chi connectivity index (χ1n) is 10.8. The van der Waals surface area contributed by atoms with E-state index in [0.29, 0.717) is 24.1 Å². The Labute approximate surface area is 178 Å². The predicted octanol–water partition coefficient (Wildman–Crippen LogP) is 1.73. The smallest absolute Gasteiger partial charge is 0.229 e. The standard InChI is InChI=1S/C21H32N4O4S/c1-30(27,28)23-18-6-8-19(9-7-18)25-12-10-24(11-13-25)14-20(26)15-29-22-21(16-2-3-16)17-4-5-17/h6-9,16-17,20,23,26H,2-5,10-15H2,1H3. The van der Waals surface area contributed by atoms with Crippen molar-refractivity contribution in [3.05, 3.63) is 24.3 Å². The first kappa shape index (κ1) is 21.4. The summed E-state index contributed by atoms with van der Waals surface area (Å²) >= 11 is 0. The van der Waals surface area contributed by atoms with Gasteiger partial charge in [0, 0.05) is 55.9 Å². The highest BCUT2D eigenvalue weighted by atomic mass is 32.2. The normalized spacial score (nSPS) is 21.2. The van der Waals surface area contributed by atoms with Gasteiger partial charge in [-0.05, 0) is 49.9 Å². The maximum atomic E-state index is 11.3. The molecule has 0 spiro atoms. The van der Waals surface area contributed by atoms with E-state index < -0.39 is 16.1 Å². The zero-order chi connectivity index (χ0) is 21.1. The van der Waals surface area contributed by atoms with Gasteiger partial charge in [-0.25, -0.2) is 8.42 Å². The summed E-state index contributed by atoms with van der Waals surface area (Å²) in [5.74, 6) is 1.28. The molecular weight excluding hydrogens is 404 g/mol. The highest BCUT2D eigenvalue weighted by molar-refractivity contribution is 7.92. The minimum atomic E-state index is -3.26. The summed E-state index contributed by atoms with van der Waals surface area (Å²) in [5.41, 5.74) is 2.87. The molecule has 4 rings (SSSR count). The van der Waals surface area contributed by atoms with Crippen molar-refractivity contribution in [1.82, 2.24) is 4.90 Å². The SMILES string of the molecule is CS(=O)(=O)Nc1ccc(N2CCN(CC(O)CON=C(C3CC3)C3CC3)CC2)cc1. The van der Waals surface area contributed by atoms with Crippen molar-refractivity contribution in [2.75, 3.05) is 55.2 Å². The number of hydrogen-bond acceptors (Lipinski definition) is 7. The number of rotatable bonds is 10. The quantitative estimate of drug-likeness (QED) is 0.429. The van der Waals surface area contributed by atoms with E-state index in [4.69, 9.17) is 4.84 Å². The van der Waals surface area contributed by atoms with Crippen LogP contribution < -0.4 is 9.62 Å². The van der Waals surface area contributed by atoms with Crippen molar-refractivity contribution >= 4 is 27.1 Å². The van der Waals surface area contributed by atoms with Gasteiger partial charge < -0.3 is 14.8 Å². The molecule has 0 amide bonds. The van der Waals surface area contributed by atoms with Crippen molar-refractivity contribution in [2.45, 2.75) is 31.8 Å². The molecule has 1 aromatic rings. The lowest BCUT2D eigenvalue weighted by Gasteiger charge is -2.36. The fraction of sp³-hybridized carbons (Fsp3) is 0.667. The number of aliphatic hydroxyl groups is 1. The third-order valence-electron chi connectivity index (χ3n) is 5.81. The third kappa shape index (κ3) is 6.33. The van der Waals surface area contributed by atoms with E-state index in [1.54, 1.807) is 12.1 Å². The zero-order valence-electron chi connectivity index (χ0n) is 17.5. The van der Waals surface area contributed by atoms with Gasteiger partial charge in [-0.15, -0.1) is 0 Å². The van der Waals surface area contributed by atoms with Crippen LogP contribution in [0.4, 0.5) is 11.4 Å². The molecule has 3 fully saturated rings. The molecule has 1 atom stereocenters. The Morgan fingerprint density at radius 1 is 1.13 bits per heavy atom. The number of oxime groups is 1. The van der Waals surface area contributed by atoms with E-state index >= 15 is 0 Å². The van der Waals surface area contributed by atoms with Gasteiger partial charge in [0.15, 0.2) is 0 Å². The number of aliphatic hydroxyl groups excluding tert-OH is 1. The van der Waals surface area contributed by atoms with Gasteiger partial charge in [0.1, 0.15) is 12.7 Å². The van der Waals surface area contributed by atoms with E-state index in [1.807, 2.05) is 12.1 Å². The summed E-state index contributed by atoms with van der Waals surface area (Å²) in [5, 5.41) is 14.7. The molecule has 166 valence electrons. The molecule has 3 aliphatic rings. The second kappa shape index (κ2) is 9.11. The van der Waals surface area contributed by atoms with Gasteiger partial charge >= 0.3 is 0 Å². The first-order chi connectivity index (χ1) is 14.4. The van der Waals surface area contributed by atoms with E-state index in [-0.39, 0.29) is 6.61 Å². The summed E-state index contributed by atoms with van der Waals surface area (Å²) in [4.78, 5) is 10.0. The molecule has 1 heterocycles. The van der Waals surface area contributed by atoms with Crippen LogP contribution in [0.3, 0.4) is 0 Å². The predicted molar refractivity (Wildman–Crippen MR) is 118 cm³/mol. The van der Waals surface area contributed by atoms with Crippen LogP contribution in [0.25, 0.3) is 0 Å². The largest absolute Gasteiger partial charge is 0.393 e. The monoisotopic (exact) mass is 436 g/mol. The van der Waals surface area contributed by atoms with Crippen molar-refractivity contribution in [2.24, 2.45) is 17.0 Å². The van der Waals surface area contributed by atoms with Crippen LogP contribution in [0.5, 0.6) is 0 Å². The molecule has 2 N–H and O–H groups in total. The average molecular weight is 437 g/mol. The highest BCUT2D eigenvalue weighted by Crippen LogP contribution is 2.42. The fourth-order valence-corrected chi connectivity index (χ4v) is 4.50. The lowest BCUT2D eigenvalue weighted by atomic mass is 10.2. The number of piperazine rings is 1. The van der Waals surface area contributed by atoms with Crippen LogP contribution in [0.15, 0.2) is 29.4 Å². The molecule has 1 saturated heterocycles. The van der Waals surface area contributed by atoms with Crippen LogP contribution >= 0.6 is 0 Å². The second-order valence-corrected chi connectivity index (χ2v) is 10.5. The number of β-amino-alcohol motifs (C(OH)–C–C–N with tert-alkyl or cyclic N) is 1. The highest BCUT2D eigenvalue weighted by Gasteiger charge is 2.38. The molecule has 8 nitrogen and oxygen atoms in total. The van der Waals surface area contributed by atoms with E-state index in [0.717, 1.165) is 38.1 Å². The lowest BCUT2D eigenvalue weighted by Crippen LogP contribution is -2.49. The molecule has 0 bridgehead atoms. The van der Waals surface area contributed by atoms with Crippen molar-refractivity contribution < 1.29 is 18.4 Å². The van der Waals surface area contributed by atoms with Crippen molar-refractivity contribution in [3.63, 3.8) is 0 Å². The third-order valence-corrected chi connectivity index (χ3v) is 6.41. The van der Waals surface area contributed by atoms with E-state index in [1.165, 1.54) is 31.4 Å². The molecule has 0 radical (unpaired) electrons. The Balaban J connectivity index is 1.18. The summed E-state index contributed by atoms with van der Waals surface area (Å²) in [6.07, 6.45) is 5.56. The molecule has 2 saturated carbocycles.